The fourth-order valence-electron chi connectivity index (χ4n) is 1.57. The minimum atomic E-state index is -0.474. The van der Waals surface area contributed by atoms with E-state index in [-0.39, 0.29) is 5.97 Å². The maximum atomic E-state index is 11.3. The smallest absolute Gasteiger partial charge is 0.330 e. The van der Waals surface area contributed by atoms with Crippen molar-refractivity contribution >= 4 is 5.97 Å². The van der Waals surface area contributed by atoms with Gasteiger partial charge < -0.3 is 4.74 Å². The van der Waals surface area contributed by atoms with Gasteiger partial charge in [0, 0.05) is 12.5 Å². The number of carbonyl (C=O) groups is 1. The maximum Gasteiger partial charge on any atom is 0.330 e. The topological polar surface area (TPSA) is 26.3 Å². The van der Waals surface area contributed by atoms with E-state index >= 15 is 0 Å². The molecule has 0 unspecified atom stereocenters. The maximum absolute atomic E-state index is 11.3. The van der Waals surface area contributed by atoms with Crippen LogP contribution in [0.15, 0.2) is 42.5 Å². The number of hydrogen-bond donors (Lipinski definition) is 0. The Bertz CT molecular complexity index is 364. The minimum Gasteiger partial charge on any atom is -0.456 e. The molecule has 0 amide bonds. The Balaban J connectivity index is 2.61. The molecule has 0 N–H and O–H groups in total. The summed E-state index contributed by atoms with van der Waals surface area (Å²) in [5, 5.41) is 0. The zero-order valence-electron chi connectivity index (χ0n) is 10.1. The molecule has 16 heavy (non-hydrogen) atoms. The predicted molar refractivity (Wildman–Crippen MR) is 65.1 cm³/mol. The fourth-order valence-corrected chi connectivity index (χ4v) is 1.57. The summed E-state index contributed by atoms with van der Waals surface area (Å²) < 4.78 is 5.36. The summed E-state index contributed by atoms with van der Waals surface area (Å²) in [5.74, 6) is -0.288. The van der Waals surface area contributed by atoms with Gasteiger partial charge in [-0.05, 0) is 26.3 Å². The highest BCUT2D eigenvalue weighted by Crippen LogP contribution is 2.17. The second-order valence-electron chi connectivity index (χ2n) is 4.34. The summed E-state index contributed by atoms with van der Waals surface area (Å²) in [6, 6.07) is 10.0. The molecule has 2 nitrogen and oxygen atoms in total. The second-order valence-corrected chi connectivity index (χ2v) is 4.34. The van der Waals surface area contributed by atoms with Gasteiger partial charge in [0.15, 0.2) is 0 Å². The van der Waals surface area contributed by atoms with Crippen LogP contribution in [0.3, 0.4) is 0 Å². The molecule has 0 aliphatic rings. The summed E-state index contributed by atoms with van der Waals surface area (Å²) in [4.78, 5) is 11.3. The number of esters is 1. The van der Waals surface area contributed by atoms with Crippen molar-refractivity contribution in [2.75, 3.05) is 0 Å². The molecule has 0 bridgehead atoms. The van der Waals surface area contributed by atoms with E-state index in [4.69, 9.17) is 4.74 Å². The Morgan fingerprint density at radius 1 is 1.31 bits per heavy atom. The molecule has 1 aromatic rings. The van der Waals surface area contributed by atoms with Crippen molar-refractivity contribution in [3.05, 3.63) is 48.0 Å². The van der Waals surface area contributed by atoms with E-state index in [1.54, 1.807) is 13.0 Å². The van der Waals surface area contributed by atoms with Gasteiger partial charge in [-0.2, -0.15) is 0 Å². The average Bonchev–Trinajstić information content (AvgIpc) is 2.17. The van der Waals surface area contributed by atoms with Crippen LogP contribution in [0.1, 0.15) is 26.3 Å². The highest BCUT2D eigenvalue weighted by Gasteiger charge is 2.22. The van der Waals surface area contributed by atoms with Crippen LogP contribution in [0.5, 0.6) is 0 Å². The summed E-state index contributed by atoms with van der Waals surface area (Å²) in [6.45, 7) is 5.63. The van der Waals surface area contributed by atoms with Crippen LogP contribution in [-0.2, 0) is 16.0 Å². The normalized spacial score (nSPS) is 11.7. The van der Waals surface area contributed by atoms with Crippen molar-refractivity contribution in [2.45, 2.75) is 32.8 Å². The number of carbonyl (C=O) groups excluding carboxylic acids is 1. The quantitative estimate of drug-likeness (QED) is 0.573. The molecule has 2 heteroatoms. The number of allylic oxidation sites excluding steroid dienone is 1. The van der Waals surface area contributed by atoms with Crippen LogP contribution >= 0.6 is 0 Å². The van der Waals surface area contributed by atoms with E-state index in [1.165, 1.54) is 11.6 Å². The van der Waals surface area contributed by atoms with Gasteiger partial charge in [0.25, 0.3) is 0 Å². The lowest BCUT2D eigenvalue weighted by Gasteiger charge is -2.24. The minimum absolute atomic E-state index is 0.288. The predicted octanol–water partition coefficient (Wildman–Crippen LogP) is 3.13. The zero-order chi connectivity index (χ0) is 12.0. The van der Waals surface area contributed by atoms with Crippen LogP contribution in [0.2, 0.25) is 0 Å². The van der Waals surface area contributed by atoms with Crippen LogP contribution in [0.25, 0.3) is 0 Å². The lowest BCUT2D eigenvalue weighted by molar-refractivity contribution is -0.150. The molecule has 0 atom stereocenters. The monoisotopic (exact) mass is 218 g/mol. The summed E-state index contributed by atoms with van der Waals surface area (Å²) in [7, 11) is 0. The molecular formula is C14H18O2. The van der Waals surface area contributed by atoms with Gasteiger partial charge in [-0.1, -0.05) is 36.4 Å². The largest absolute Gasteiger partial charge is 0.456 e. The van der Waals surface area contributed by atoms with E-state index in [2.05, 4.69) is 0 Å². The Morgan fingerprint density at radius 3 is 2.50 bits per heavy atom. The van der Waals surface area contributed by atoms with Gasteiger partial charge >= 0.3 is 5.97 Å². The Hall–Kier alpha value is -1.57. The average molecular weight is 218 g/mol. The molecule has 1 aromatic carbocycles. The SMILES string of the molecule is CC=CC(=O)OC(C)(C)Cc1ccccc1. The van der Waals surface area contributed by atoms with Crippen LogP contribution in [-0.4, -0.2) is 11.6 Å². The molecule has 0 radical (unpaired) electrons. The van der Waals surface area contributed by atoms with E-state index in [0.29, 0.717) is 0 Å². The van der Waals surface area contributed by atoms with Gasteiger partial charge in [-0.3, -0.25) is 0 Å². The van der Waals surface area contributed by atoms with E-state index in [0.717, 1.165) is 6.42 Å². The lowest BCUT2D eigenvalue weighted by Crippen LogP contribution is -2.29. The zero-order valence-corrected chi connectivity index (χ0v) is 10.1. The summed E-state index contributed by atoms with van der Waals surface area (Å²) in [5.41, 5.74) is 0.693. The molecule has 0 heterocycles. The van der Waals surface area contributed by atoms with Crippen molar-refractivity contribution in [3.63, 3.8) is 0 Å². The van der Waals surface area contributed by atoms with Crippen LogP contribution < -0.4 is 0 Å². The first-order chi connectivity index (χ1) is 7.53. The third-order valence-corrected chi connectivity index (χ3v) is 2.15. The van der Waals surface area contributed by atoms with Gasteiger partial charge in [-0.25, -0.2) is 4.79 Å². The molecule has 0 aromatic heterocycles. The van der Waals surface area contributed by atoms with Crippen LogP contribution in [0, 0.1) is 0 Å². The summed E-state index contributed by atoms with van der Waals surface area (Å²) >= 11 is 0. The molecular weight excluding hydrogens is 200 g/mol. The first-order valence-corrected chi connectivity index (χ1v) is 5.43. The van der Waals surface area contributed by atoms with Crippen molar-refractivity contribution in [2.24, 2.45) is 0 Å². The van der Waals surface area contributed by atoms with Crippen LogP contribution in [0.4, 0.5) is 0 Å². The van der Waals surface area contributed by atoms with Crippen molar-refractivity contribution in [1.29, 1.82) is 0 Å². The molecule has 0 aliphatic heterocycles. The molecule has 0 saturated heterocycles. The molecule has 0 aliphatic carbocycles. The highest BCUT2D eigenvalue weighted by atomic mass is 16.6. The first kappa shape index (κ1) is 12.5. The number of hydrogen-bond acceptors (Lipinski definition) is 2. The highest BCUT2D eigenvalue weighted by molar-refractivity contribution is 5.82. The van der Waals surface area contributed by atoms with E-state index < -0.39 is 5.60 Å². The Kier molecular flexibility index (Phi) is 4.29. The number of benzene rings is 1. The van der Waals surface area contributed by atoms with Crippen molar-refractivity contribution in [1.82, 2.24) is 0 Å². The molecule has 1 rings (SSSR count). The van der Waals surface area contributed by atoms with E-state index in [9.17, 15) is 4.79 Å². The van der Waals surface area contributed by atoms with Gasteiger partial charge in [0.05, 0.1) is 0 Å². The Labute approximate surface area is 96.9 Å². The van der Waals surface area contributed by atoms with Gasteiger partial charge in [0.1, 0.15) is 5.60 Å². The van der Waals surface area contributed by atoms with Crippen molar-refractivity contribution in [3.8, 4) is 0 Å². The molecule has 0 fully saturated rings. The summed E-state index contributed by atoms with van der Waals surface area (Å²) in [6.07, 6.45) is 3.84. The standard InChI is InChI=1S/C14H18O2/c1-4-8-13(15)16-14(2,3)11-12-9-6-5-7-10-12/h4-10H,11H2,1-3H3. The fraction of sp³-hybridized carbons (Fsp3) is 0.357. The second kappa shape index (κ2) is 5.50. The van der Waals surface area contributed by atoms with Gasteiger partial charge in [-0.15, -0.1) is 0 Å². The van der Waals surface area contributed by atoms with Gasteiger partial charge in [0.2, 0.25) is 0 Å². The van der Waals surface area contributed by atoms with E-state index in [1.807, 2.05) is 44.2 Å². The third kappa shape index (κ3) is 4.30. The lowest BCUT2D eigenvalue weighted by atomic mass is 9.98. The molecule has 0 saturated carbocycles. The Morgan fingerprint density at radius 2 is 1.94 bits per heavy atom. The van der Waals surface area contributed by atoms with Crippen molar-refractivity contribution < 1.29 is 9.53 Å². The number of rotatable bonds is 4. The molecule has 86 valence electrons. The third-order valence-electron chi connectivity index (χ3n) is 2.15. The number of ether oxygens (including phenoxy) is 1. The molecule has 0 spiro atoms. The first-order valence-electron chi connectivity index (χ1n) is 5.43.